The summed E-state index contributed by atoms with van der Waals surface area (Å²) in [5, 5.41) is -0.996. The predicted octanol–water partition coefficient (Wildman–Crippen LogP) is 6.60. The lowest BCUT2D eigenvalue weighted by atomic mass is 10.0. The van der Waals surface area contributed by atoms with Crippen LogP contribution < -0.4 is 4.90 Å². The first-order valence-electron chi connectivity index (χ1n) is 10.6. The lowest BCUT2D eigenvalue weighted by Gasteiger charge is -2.37. The molecule has 0 saturated heterocycles. The minimum Gasteiger partial charge on any atom is -0.320 e. The molecule has 3 rings (SSSR count). The van der Waals surface area contributed by atoms with E-state index in [2.05, 4.69) is 32.0 Å². The Bertz CT molecular complexity index is 957. The van der Waals surface area contributed by atoms with Crippen molar-refractivity contribution in [3.05, 3.63) is 47.5 Å². The summed E-state index contributed by atoms with van der Waals surface area (Å²) in [5.41, 5.74) is 4.25. The van der Waals surface area contributed by atoms with Crippen LogP contribution in [0.4, 0.5) is 11.4 Å². The van der Waals surface area contributed by atoms with Crippen LogP contribution in [-0.2, 0) is 23.0 Å². The van der Waals surface area contributed by atoms with Crippen molar-refractivity contribution < 1.29 is 13.0 Å². The van der Waals surface area contributed by atoms with Gasteiger partial charge in [-0.15, -0.1) is 0 Å². The quantitative estimate of drug-likeness (QED) is 0.452. The zero-order valence-corrected chi connectivity index (χ0v) is 19.2. The molecular formula is C23H31NO3S2. The molecule has 0 fully saturated rings. The van der Waals surface area contributed by atoms with Crippen molar-refractivity contribution in [2.75, 3.05) is 4.90 Å². The Morgan fingerprint density at radius 1 is 1.00 bits per heavy atom. The Hall–Kier alpha value is -1.50. The Morgan fingerprint density at radius 2 is 1.72 bits per heavy atom. The Kier molecular flexibility index (Phi) is 7.30. The van der Waals surface area contributed by atoms with Gasteiger partial charge in [-0.2, -0.15) is 8.42 Å². The molecule has 2 aromatic rings. The van der Waals surface area contributed by atoms with Gasteiger partial charge in [-0.1, -0.05) is 63.6 Å². The lowest BCUT2D eigenvalue weighted by molar-refractivity contribution is 0.464. The largest absolute Gasteiger partial charge is 0.320 e. The highest BCUT2D eigenvalue weighted by Crippen LogP contribution is 2.51. The summed E-state index contributed by atoms with van der Waals surface area (Å²) in [6.07, 6.45) is 6.76. The van der Waals surface area contributed by atoms with E-state index >= 15 is 0 Å². The molecule has 6 heteroatoms. The summed E-state index contributed by atoms with van der Waals surface area (Å²) in [4.78, 5) is 4.01. The second-order valence-electron chi connectivity index (χ2n) is 7.62. The van der Waals surface area contributed by atoms with Crippen LogP contribution in [0.1, 0.15) is 64.0 Å². The lowest BCUT2D eigenvalue weighted by Crippen LogP contribution is -2.39. The maximum absolute atomic E-state index is 12.3. The molecule has 2 aromatic carbocycles. The highest BCUT2D eigenvalue weighted by molar-refractivity contribution is 7.99. The monoisotopic (exact) mass is 433 g/mol. The van der Waals surface area contributed by atoms with Crippen LogP contribution in [0.3, 0.4) is 0 Å². The third-order valence-corrected chi connectivity index (χ3v) is 7.88. The molecule has 1 atom stereocenters. The molecule has 1 aliphatic rings. The smallest absolute Gasteiger partial charge is 0.286 e. The summed E-state index contributed by atoms with van der Waals surface area (Å²) in [7, 11) is -4.24. The molecule has 1 unspecified atom stereocenters. The van der Waals surface area contributed by atoms with Crippen molar-refractivity contribution in [1.82, 2.24) is 0 Å². The number of unbranched alkanes of at least 4 members (excludes halogenated alkanes) is 2. The molecular weight excluding hydrogens is 402 g/mol. The molecule has 0 radical (unpaired) electrons. The SMILES string of the molecule is CCCCc1ccc2c(c1)Sc1c(CCCC)cccc1N2C(CC)S(=O)(=O)O. The van der Waals surface area contributed by atoms with E-state index in [0.29, 0.717) is 6.42 Å². The van der Waals surface area contributed by atoms with Crippen LogP contribution in [0.15, 0.2) is 46.2 Å². The fourth-order valence-electron chi connectivity index (χ4n) is 3.90. The summed E-state index contributed by atoms with van der Waals surface area (Å²) < 4.78 is 34.5. The molecule has 1 N–H and O–H groups in total. The Morgan fingerprint density at radius 3 is 2.38 bits per heavy atom. The summed E-state index contributed by atoms with van der Waals surface area (Å²) >= 11 is 1.73. The van der Waals surface area contributed by atoms with E-state index in [1.54, 1.807) is 18.7 Å². The van der Waals surface area contributed by atoms with Crippen LogP contribution in [0.2, 0.25) is 0 Å². The third-order valence-electron chi connectivity index (χ3n) is 5.43. The second kappa shape index (κ2) is 9.54. The van der Waals surface area contributed by atoms with Gasteiger partial charge in [0.2, 0.25) is 0 Å². The fraction of sp³-hybridized carbons (Fsp3) is 0.478. The van der Waals surface area contributed by atoms with Gasteiger partial charge < -0.3 is 4.90 Å². The van der Waals surface area contributed by atoms with E-state index in [9.17, 15) is 13.0 Å². The number of fused-ring (bicyclic) bond motifs is 2. The topological polar surface area (TPSA) is 57.6 Å². The van der Waals surface area contributed by atoms with Gasteiger partial charge >= 0.3 is 0 Å². The van der Waals surface area contributed by atoms with Crippen molar-refractivity contribution in [1.29, 1.82) is 0 Å². The highest BCUT2D eigenvalue weighted by atomic mass is 32.2. The molecule has 0 aliphatic carbocycles. The van der Waals surface area contributed by atoms with Crippen LogP contribution in [0, 0.1) is 0 Å². The molecule has 1 heterocycles. The third kappa shape index (κ3) is 4.81. The van der Waals surface area contributed by atoms with Crippen molar-refractivity contribution in [2.24, 2.45) is 0 Å². The molecule has 29 heavy (non-hydrogen) atoms. The summed E-state index contributed by atoms with van der Waals surface area (Å²) in [5.74, 6) is 0. The average molecular weight is 434 g/mol. The number of benzene rings is 2. The number of anilines is 2. The maximum Gasteiger partial charge on any atom is 0.286 e. The van der Waals surface area contributed by atoms with E-state index in [0.717, 1.165) is 59.7 Å². The first kappa shape index (κ1) is 22.2. The van der Waals surface area contributed by atoms with Gasteiger partial charge in [0.1, 0.15) is 0 Å². The van der Waals surface area contributed by atoms with Crippen molar-refractivity contribution in [3.63, 3.8) is 0 Å². The van der Waals surface area contributed by atoms with Gasteiger partial charge in [0.05, 0.1) is 11.4 Å². The van der Waals surface area contributed by atoms with Gasteiger partial charge in [-0.3, -0.25) is 4.55 Å². The van der Waals surface area contributed by atoms with Gasteiger partial charge in [-0.05, 0) is 61.4 Å². The molecule has 0 spiro atoms. The average Bonchev–Trinajstić information content (AvgIpc) is 2.69. The first-order valence-corrected chi connectivity index (χ1v) is 12.9. The number of rotatable bonds is 9. The van der Waals surface area contributed by atoms with E-state index in [1.807, 2.05) is 23.1 Å². The predicted molar refractivity (Wildman–Crippen MR) is 122 cm³/mol. The minimum absolute atomic E-state index is 0.305. The number of nitrogens with zero attached hydrogens (tertiary/aromatic N) is 1. The summed E-state index contributed by atoms with van der Waals surface area (Å²) in [6.45, 7) is 6.16. The minimum atomic E-state index is -4.24. The van der Waals surface area contributed by atoms with E-state index in [4.69, 9.17) is 0 Å². The van der Waals surface area contributed by atoms with Gasteiger partial charge in [0.25, 0.3) is 10.1 Å². The summed E-state index contributed by atoms with van der Waals surface area (Å²) in [6, 6.07) is 12.4. The van der Waals surface area contributed by atoms with E-state index in [1.165, 1.54) is 11.1 Å². The standard InChI is InChI=1S/C23H31NO3S2/c1-4-7-10-17-14-15-19-21(16-17)28-23-18(11-8-5-2)12-9-13-20(23)24(19)22(6-3)29(25,26)27/h9,12-16,22H,4-8,10-11H2,1-3H3,(H,25,26,27). The molecule has 1 aliphatic heterocycles. The Balaban J connectivity index is 2.15. The number of hydrogen-bond donors (Lipinski definition) is 1. The molecule has 158 valence electrons. The molecule has 0 aromatic heterocycles. The first-order chi connectivity index (χ1) is 13.9. The molecule has 0 bridgehead atoms. The molecule has 0 amide bonds. The van der Waals surface area contributed by atoms with Crippen molar-refractivity contribution >= 4 is 33.3 Å². The zero-order chi connectivity index (χ0) is 21.0. The normalized spacial score (nSPS) is 14.4. The van der Waals surface area contributed by atoms with Gasteiger partial charge in [0, 0.05) is 9.79 Å². The highest BCUT2D eigenvalue weighted by Gasteiger charge is 2.35. The van der Waals surface area contributed by atoms with Crippen LogP contribution in [-0.4, -0.2) is 18.3 Å². The Labute approximate surface area is 179 Å². The van der Waals surface area contributed by atoms with Crippen LogP contribution in [0.5, 0.6) is 0 Å². The molecule has 0 saturated carbocycles. The van der Waals surface area contributed by atoms with Gasteiger partial charge in [-0.25, -0.2) is 0 Å². The van der Waals surface area contributed by atoms with Crippen LogP contribution in [0.25, 0.3) is 0 Å². The zero-order valence-electron chi connectivity index (χ0n) is 17.5. The van der Waals surface area contributed by atoms with E-state index in [-0.39, 0.29) is 0 Å². The fourth-order valence-corrected chi connectivity index (χ4v) is 6.08. The van der Waals surface area contributed by atoms with Gasteiger partial charge in [0.15, 0.2) is 5.37 Å². The number of aryl methyl sites for hydroxylation is 2. The van der Waals surface area contributed by atoms with Crippen LogP contribution >= 0.6 is 11.8 Å². The van der Waals surface area contributed by atoms with Crippen molar-refractivity contribution in [3.8, 4) is 0 Å². The second-order valence-corrected chi connectivity index (χ2v) is 10.3. The maximum atomic E-state index is 12.3. The molecule has 4 nitrogen and oxygen atoms in total. The number of hydrogen-bond acceptors (Lipinski definition) is 4. The van der Waals surface area contributed by atoms with E-state index < -0.39 is 15.5 Å². The van der Waals surface area contributed by atoms with Crippen molar-refractivity contribution in [2.45, 2.75) is 80.9 Å².